The van der Waals surface area contributed by atoms with Crippen LogP contribution in [0.15, 0.2) is 28.8 Å². The number of nitrogens with one attached hydrogen (secondary N) is 1. The zero-order chi connectivity index (χ0) is 27.7. The Hall–Kier alpha value is -3.44. The lowest BCUT2D eigenvalue weighted by Gasteiger charge is -2.18. The zero-order valence-corrected chi connectivity index (χ0v) is 23.4. The fourth-order valence-electron chi connectivity index (χ4n) is 3.85. The van der Waals surface area contributed by atoms with Crippen molar-refractivity contribution >= 4 is 34.1 Å². The fourth-order valence-corrected chi connectivity index (χ4v) is 4.73. The van der Waals surface area contributed by atoms with E-state index in [0.29, 0.717) is 58.0 Å². The smallest absolute Gasteiger partial charge is 0.350 e. The maximum atomic E-state index is 13.0. The Morgan fingerprint density at radius 2 is 1.95 bits per heavy atom. The summed E-state index contributed by atoms with van der Waals surface area (Å²) in [5, 5.41) is 7.11. The van der Waals surface area contributed by atoms with Gasteiger partial charge in [-0.2, -0.15) is 4.98 Å². The van der Waals surface area contributed by atoms with Crippen molar-refractivity contribution in [3.05, 3.63) is 46.3 Å². The van der Waals surface area contributed by atoms with Crippen LogP contribution in [0.2, 0.25) is 0 Å². The molecule has 2 aromatic heterocycles. The third-order valence-electron chi connectivity index (χ3n) is 5.87. The van der Waals surface area contributed by atoms with Crippen LogP contribution >= 0.6 is 11.3 Å². The molecule has 0 saturated carbocycles. The van der Waals surface area contributed by atoms with E-state index in [1.54, 1.807) is 32.0 Å². The number of rotatable bonds is 14. The van der Waals surface area contributed by atoms with Crippen molar-refractivity contribution in [2.45, 2.75) is 52.9 Å². The average Bonchev–Trinajstić information content (AvgIpc) is 3.48. The minimum Gasteiger partial charge on any atom is -0.461 e. The minimum atomic E-state index is -0.428. The summed E-state index contributed by atoms with van der Waals surface area (Å²) in [4.78, 5) is 49.1. The van der Waals surface area contributed by atoms with Crippen molar-refractivity contribution in [2.24, 2.45) is 5.92 Å². The summed E-state index contributed by atoms with van der Waals surface area (Å²) in [6.07, 6.45) is 2.62. The standard InChI is InChI=1S/C27H35N5O5S/c1-6-14-36-26(35)24-17(2)28-27(38-24)30-23(34)15-19(12-13-32(4)5)10-11-22(33)20-8-7-9-21(16-20)25-29-18(3)37-31-25/h7-9,16,19H,6,10-15H2,1-5H3,(H,28,30,34)/t19-/m0/s1. The first-order chi connectivity index (χ1) is 18.2. The van der Waals surface area contributed by atoms with Crippen LogP contribution in [0, 0.1) is 19.8 Å². The molecule has 1 N–H and O–H groups in total. The third-order valence-corrected chi connectivity index (χ3v) is 6.93. The molecule has 3 rings (SSSR count). The molecule has 0 aliphatic heterocycles. The second-order valence-corrected chi connectivity index (χ2v) is 10.5. The lowest BCUT2D eigenvalue weighted by atomic mass is 9.92. The number of nitrogens with zero attached hydrogens (tertiary/aromatic N) is 4. The molecule has 0 unspecified atom stereocenters. The van der Waals surface area contributed by atoms with Crippen molar-refractivity contribution in [1.29, 1.82) is 0 Å². The number of aryl methyl sites for hydroxylation is 2. The molecule has 3 aromatic rings. The maximum absolute atomic E-state index is 13.0. The predicted molar refractivity (Wildman–Crippen MR) is 145 cm³/mol. The van der Waals surface area contributed by atoms with Crippen molar-refractivity contribution in [3.63, 3.8) is 0 Å². The van der Waals surface area contributed by atoms with E-state index < -0.39 is 5.97 Å². The van der Waals surface area contributed by atoms with Crippen LogP contribution in [-0.2, 0) is 9.53 Å². The quantitative estimate of drug-likeness (QED) is 0.223. The van der Waals surface area contributed by atoms with Crippen LogP contribution in [0.5, 0.6) is 0 Å². The number of hydrogen-bond donors (Lipinski definition) is 1. The van der Waals surface area contributed by atoms with E-state index in [-0.39, 0.29) is 24.0 Å². The summed E-state index contributed by atoms with van der Waals surface area (Å²) in [7, 11) is 3.95. The molecule has 204 valence electrons. The lowest BCUT2D eigenvalue weighted by Crippen LogP contribution is -2.22. The number of ketones is 1. The number of hydrogen-bond acceptors (Lipinski definition) is 10. The maximum Gasteiger partial charge on any atom is 0.350 e. The molecule has 2 heterocycles. The van der Waals surface area contributed by atoms with E-state index in [1.165, 1.54) is 0 Å². The molecule has 0 aliphatic rings. The molecule has 10 nitrogen and oxygen atoms in total. The molecular weight excluding hydrogens is 506 g/mol. The molecule has 0 aliphatic carbocycles. The number of ether oxygens (including phenoxy) is 1. The highest BCUT2D eigenvalue weighted by Crippen LogP contribution is 2.25. The van der Waals surface area contributed by atoms with Crippen LogP contribution in [0.1, 0.15) is 70.6 Å². The summed E-state index contributed by atoms with van der Waals surface area (Å²) in [5.74, 6) is 0.268. The number of anilines is 1. The van der Waals surface area contributed by atoms with E-state index in [9.17, 15) is 14.4 Å². The second-order valence-electron chi connectivity index (χ2n) is 9.46. The van der Waals surface area contributed by atoms with Crippen LogP contribution in [-0.4, -0.2) is 64.9 Å². The molecule has 11 heteroatoms. The van der Waals surface area contributed by atoms with Crippen molar-refractivity contribution in [2.75, 3.05) is 32.6 Å². The van der Waals surface area contributed by atoms with Gasteiger partial charge < -0.3 is 19.5 Å². The number of thiazole rings is 1. The molecule has 0 radical (unpaired) electrons. The van der Waals surface area contributed by atoms with Crippen molar-refractivity contribution in [3.8, 4) is 11.4 Å². The van der Waals surface area contributed by atoms with Gasteiger partial charge in [-0.15, -0.1) is 0 Å². The fraction of sp³-hybridized carbons (Fsp3) is 0.481. The van der Waals surface area contributed by atoms with Gasteiger partial charge in [0.05, 0.1) is 12.3 Å². The SMILES string of the molecule is CCCOC(=O)c1sc(NC(=O)C[C@@H](CCC(=O)c2cccc(-c3noc(C)n3)c2)CCN(C)C)nc1C. The molecule has 0 fully saturated rings. The van der Waals surface area contributed by atoms with E-state index >= 15 is 0 Å². The molecule has 0 bridgehead atoms. The number of Topliss-reactive ketones (excluding diaryl/α,β-unsaturated/α-hetero) is 1. The van der Waals surface area contributed by atoms with E-state index in [4.69, 9.17) is 9.26 Å². The van der Waals surface area contributed by atoms with Gasteiger partial charge in [0.15, 0.2) is 10.9 Å². The van der Waals surface area contributed by atoms with Gasteiger partial charge in [-0.25, -0.2) is 9.78 Å². The van der Waals surface area contributed by atoms with Gasteiger partial charge in [-0.3, -0.25) is 9.59 Å². The van der Waals surface area contributed by atoms with Crippen molar-refractivity contribution < 1.29 is 23.6 Å². The first-order valence-electron chi connectivity index (χ1n) is 12.7. The van der Waals surface area contributed by atoms with Gasteiger partial charge in [0.25, 0.3) is 0 Å². The second kappa shape index (κ2) is 13.9. The van der Waals surface area contributed by atoms with Gasteiger partial charge in [-0.1, -0.05) is 41.6 Å². The highest BCUT2D eigenvalue weighted by Gasteiger charge is 2.21. The Morgan fingerprint density at radius 1 is 1.16 bits per heavy atom. The zero-order valence-electron chi connectivity index (χ0n) is 22.6. The van der Waals surface area contributed by atoms with Gasteiger partial charge in [0.1, 0.15) is 4.88 Å². The molecule has 1 aromatic carbocycles. The topological polar surface area (TPSA) is 128 Å². The Bertz CT molecular complexity index is 1250. The lowest BCUT2D eigenvalue weighted by molar-refractivity contribution is -0.117. The highest BCUT2D eigenvalue weighted by molar-refractivity contribution is 7.17. The number of carbonyl (C=O) groups excluding carboxylic acids is 3. The Labute approximate surface area is 226 Å². The summed E-state index contributed by atoms with van der Waals surface area (Å²) in [6, 6.07) is 7.17. The first kappa shape index (κ1) is 29.1. The minimum absolute atomic E-state index is 0.000520. The van der Waals surface area contributed by atoms with Crippen LogP contribution in [0.3, 0.4) is 0 Å². The molecule has 38 heavy (non-hydrogen) atoms. The normalized spacial score (nSPS) is 11.9. The monoisotopic (exact) mass is 541 g/mol. The Morgan fingerprint density at radius 3 is 2.63 bits per heavy atom. The van der Waals surface area contributed by atoms with E-state index in [0.717, 1.165) is 30.7 Å². The molecule has 1 atom stereocenters. The van der Waals surface area contributed by atoms with E-state index in [2.05, 4.69) is 25.3 Å². The first-order valence-corrected chi connectivity index (χ1v) is 13.5. The average molecular weight is 542 g/mol. The molecular formula is C27H35N5O5S. The van der Waals surface area contributed by atoms with Gasteiger partial charge in [-0.05, 0) is 58.8 Å². The van der Waals surface area contributed by atoms with Crippen LogP contribution in [0.25, 0.3) is 11.4 Å². The number of esters is 1. The van der Waals surface area contributed by atoms with Gasteiger partial charge in [0.2, 0.25) is 17.6 Å². The van der Waals surface area contributed by atoms with Gasteiger partial charge in [0, 0.05) is 30.9 Å². The Kier molecular flexibility index (Phi) is 10.7. The number of benzene rings is 1. The predicted octanol–water partition coefficient (Wildman–Crippen LogP) is 4.94. The summed E-state index contributed by atoms with van der Waals surface area (Å²) in [6.45, 7) is 6.49. The molecule has 0 spiro atoms. The van der Waals surface area contributed by atoms with Gasteiger partial charge >= 0.3 is 5.97 Å². The third kappa shape index (κ3) is 8.56. The summed E-state index contributed by atoms with van der Waals surface area (Å²) in [5.41, 5.74) is 1.81. The molecule has 1 amide bonds. The number of amides is 1. The number of carbonyl (C=O) groups is 3. The Balaban J connectivity index is 1.61. The van der Waals surface area contributed by atoms with E-state index in [1.807, 2.05) is 27.1 Å². The summed E-state index contributed by atoms with van der Waals surface area (Å²) < 4.78 is 10.2. The number of aromatic nitrogens is 3. The van der Waals surface area contributed by atoms with Crippen molar-refractivity contribution in [1.82, 2.24) is 20.0 Å². The van der Waals surface area contributed by atoms with Crippen LogP contribution in [0.4, 0.5) is 5.13 Å². The highest BCUT2D eigenvalue weighted by atomic mass is 32.1. The molecule has 0 saturated heterocycles. The summed E-state index contributed by atoms with van der Waals surface area (Å²) >= 11 is 1.11. The largest absolute Gasteiger partial charge is 0.461 e. The van der Waals surface area contributed by atoms with Crippen LogP contribution < -0.4 is 5.32 Å².